The van der Waals surface area contributed by atoms with Crippen LogP contribution in [0.15, 0.2) is 0 Å². The Morgan fingerprint density at radius 2 is 2.28 bits per heavy atom. The van der Waals surface area contributed by atoms with Crippen LogP contribution in [0.1, 0.15) is 38.5 Å². The smallest absolute Gasteiger partial charge is 0.323 e. The molecule has 1 heterocycles. The number of hydrogen-bond acceptors (Lipinski definition) is 4. The second-order valence-electron chi connectivity index (χ2n) is 5.43. The third-order valence-corrected chi connectivity index (χ3v) is 5.34. The number of carbonyl (C=O) groups is 1. The first kappa shape index (κ1) is 14.2. The maximum Gasteiger partial charge on any atom is 0.323 e. The first-order chi connectivity index (χ1) is 8.63. The van der Waals surface area contributed by atoms with E-state index >= 15 is 0 Å². The lowest BCUT2D eigenvalue weighted by atomic mass is 9.86. The van der Waals surface area contributed by atoms with Gasteiger partial charge >= 0.3 is 5.97 Å². The molecule has 3 N–H and O–H groups in total. The Balaban J connectivity index is 1.67. The van der Waals surface area contributed by atoms with Gasteiger partial charge in [-0.2, -0.15) is 11.8 Å². The molecule has 18 heavy (non-hydrogen) atoms. The average Bonchev–Trinajstić information content (AvgIpc) is 2.95. The lowest BCUT2D eigenvalue weighted by Gasteiger charge is -2.26. The summed E-state index contributed by atoms with van der Waals surface area (Å²) in [5.74, 6) is 1.36. The van der Waals surface area contributed by atoms with Crippen molar-refractivity contribution in [3.63, 3.8) is 0 Å². The second-order valence-corrected chi connectivity index (χ2v) is 6.58. The Bertz CT molecular complexity index is 294. The van der Waals surface area contributed by atoms with Crippen LogP contribution in [0.4, 0.5) is 0 Å². The quantitative estimate of drug-likeness (QED) is 0.723. The van der Waals surface area contributed by atoms with Gasteiger partial charge in [0.05, 0.1) is 6.10 Å². The molecule has 5 heteroatoms. The Hall–Kier alpha value is -0.260. The van der Waals surface area contributed by atoms with Crippen molar-refractivity contribution in [2.45, 2.75) is 50.2 Å². The number of rotatable bonds is 6. The van der Waals surface area contributed by atoms with E-state index in [1.165, 1.54) is 12.8 Å². The van der Waals surface area contributed by atoms with E-state index in [4.69, 9.17) is 10.5 Å². The van der Waals surface area contributed by atoms with Crippen molar-refractivity contribution in [1.82, 2.24) is 0 Å². The molecule has 1 saturated carbocycles. The fourth-order valence-electron chi connectivity index (χ4n) is 3.00. The van der Waals surface area contributed by atoms with Gasteiger partial charge in [0.2, 0.25) is 0 Å². The van der Waals surface area contributed by atoms with Gasteiger partial charge in [0.15, 0.2) is 0 Å². The Labute approximate surface area is 113 Å². The summed E-state index contributed by atoms with van der Waals surface area (Å²) in [7, 11) is 0. The van der Waals surface area contributed by atoms with E-state index in [1.807, 2.05) is 11.8 Å². The molecule has 2 fully saturated rings. The average molecular weight is 273 g/mol. The highest BCUT2D eigenvalue weighted by atomic mass is 32.2. The van der Waals surface area contributed by atoms with Gasteiger partial charge in [0.25, 0.3) is 0 Å². The number of carboxylic acids is 1. The van der Waals surface area contributed by atoms with Crippen molar-refractivity contribution >= 4 is 17.7 Å². The summed E-state index contributed by atoms with van der Waals surface area (Å²) in [6, 6.07) is 0. The molecule has 3 unspecified atom stereocenters. The van der Waals surface area contributed by atoms with Crippen LogP contribution in [0.25, 0.3) is 0 Å². The largest absolute Gasteiger partial charge is 0.480 e. The van der Waals surface area contributed by atoms with E-state index in [-0.39, 0.29) is 5.92 Å². The van der Waals surface area contributed by atoms with E-state index in [0.29, 0.717) is 12.5 Å². The van der Waals surface area contributed by atoms with E-state index in [9.17, 15) is 9.90 Å². The minimum Gasteiger partial charge on any atom is -0.480 e. The summed E-state index contributed by atoms with van der Waals surface area (Å²) in [4.78, 5) is 11.2. The van der Waals surface area contributed by atoms with Crippen LogP contribution >= 0.6 is 11.8 Å². The van der Waals surface area contributed by atoms with Crippen LogP contribution < -0.4 is 5.73 Å². The topological polar surface area (TPSA) is 72.6 Å². The van der Waals surface area contributed by atoms with Crippen molar-refractivity contribution in [3.8, 4) is 0 Å². The lowest BCUT2D eigenvalue weighted by Crippen LogP contribution is -2.51. The number of hydrogen-bond donors (Lipinski definition) is 2. The summed E-state index contributed by atoms with van der Waals surface area (Å²) < 4.78 is 5.56. The molecule has 0 radical (unpaired) electrons. The van der Waals surface area contributed by atoms with E-state index in [2.05, 4.69) is 0 Å². The molecule has 0 aromatic carbocycles. The number of aliphatic carboxylic acids is 1. The summed E-state index contributed by atoms with van der Waals surface area (Å²) >= 11 is 1.88. The predicted molar refractivity (Wildman–Crippen MR) is 72.8 cm³/mol. The monoisotopic (exact) mass is 273 g/mol. The van der Waals surface area contributed by atoms with Crippen molar-refractivity contribution in [3.05, 3.63) is 0 Å². The van der Waals surface area contributed by atoms with Crippen LogP contribution in [0.5, 0.6) is 0 Å². The number of nitrogens with two attached hydrogens (primary N) is 1. The SMILES string of the molecule is NC1(C(=O)O)CCCC1CCSCC1CCCO1. The van der Waals surface area contributed by atoms with Gasteiger partial charge in [-0.3, -0.25) is 4.79 Å². The highest BCUT2D eigenvalue weighted by molar-refractivity contribution is 7.99. The van der Waals surface area contributed by atoms with Crippen LogP contribution in [-0.2, 0) is 9.53 Å². The molecule has 2 rings (SSSR count). The first-order valence-electron chi connectivity index (χ1n) is 6.84. The van der Waals surface area contributed by atoms with Crippen molar-refractivity contribution < 1.29 is 14.6 Å². The first-order valence-corrected chi connectivity index (χ1v) is 8.00. The summed E-state index contributed by atoms with van der Waals surface area (Å²) in [5.41, 5.74) is 5.05. The minimum absolute atomic E-state index is 0.145. The predicted octanol–water partition coefficient (Wildman–Crippen LogP) is 1.87. The van der Waals surface area contributed by atoms with Gasteiger partial charge in [-0.25, -0.2) is 0 Å². The summed E-state index contributed by atoms with van der Waals surface area (Å²) in [6.45, 7) is 0.902. The molecule has 0 amide bonds. The van der Waals surface area contributed by atoms with Crippen LogP contribution in [0.2, 0.25) is 0 Å². The normalized spacial score (nSPS) is 36.1. The van der Waals surface area contributed by atoms with Crippen molar-refractivity contribution in [1.29, 1.82) is 0 Å². The Morgan fingerprint density at radius 1 is 1.44 bits per heavy atom. The molecule has 1 aliphatic carbocycles. The third kappa shape index (κ3) is 3.19. The molecular formula is C13H23NO3S. The van der Waals surface area contributed by atoms with Gasteiger partial charge in [0.1, 0.15) is 5.54 Å². The highest BCUT2D eigenvalue weighted by Gasteiger charge is 2.45. The lowest BCUT2D eigenvalue weighted by molar-refractivity contribution is -0.144. The number of thioether (sulfide) groups is 1. The molecule has 0 aromatic heterocycles. The van der Waals surface area contributed by atoms with Gasteiger partial charge in [0, 0.05) is 12.4 Å². The molecule has 4 nitrogen and oxygen atoms in total. The molecule has 0 spiro atoms. The fraction of sp³-hybridized carbons (Fsp3) is 0.923. The van der Waals surface area contributed by atoms with Gasteiger partial charge in [-0.15, -0.1) is 0 Å². The zero-order valence-electron chi connectivity index (χ0n) is 10.8. The van der Waals surface area contributed by atoms with E-state index in [0.717, 1.165) is 37.4 Å². The van der Waals surface area contributed by atoms with Crippen molar-refractivity contribution in [2.75, 3.05) is 18.1 Å². The standard InChI is InChI=1S/C13H23NO3S/c14-13(12(15)16)6-1-3-10(13)5-8-18-9-11-4-2-7-17-11/h10-11H,1-9,14H2,(H,15,16). The summed E-state index contributed by atoms with van der Waals surface area (Å²) in [5, 5.41) is 9.22. The van der Waals surface area contributed by atoms with E-state index in [1.54, 1.807) is 0 Å². The molecule has 0 aromatic rings. The van der Waals surface area contributed by atoms with Gasteiger partial charge in [-0.1, -0.05) is 6.42 Å². The molecular weight excluding hydrogens is 250 g/mol. The van der Waals surface area contributed by atoms with E-state index < -0.39 is 11.5 Å². The molecule has 1 aliphatic heterocycles. The second kappa shape index (κ2) is 6.26. The third-order valence-electron chi connectivity index (χ3n) is 4.21. The maximum atomic E-state index is 11.2. The van der Waals surface area contributed by atoms with Crippen LogP contribution in [0, 0.1) is 5.92 Å². The maximum absolute atomic E-state index is 11.2. The van der Waals surface area contributed by atoms with Gasteiger partial charge < -0.3 is 15.6 Å². The molecule has 0 bridgehead atoms. The molecule has 1 saturated heterocycles. The molecule has 2 aliphatic rings. The molecule has 3 atom stereocenters. The van der Waals surface area contributed by atoms with Crippen LogP contribution in [-0.4, -0.2) is 40.8 Å². The summed E-state index contributed by atoms with van der Waals surface area (Å²) in [6.07, 6.45) is 6.22. The number of carboxylic acid groups (broad SMARTS) is 1. The van der Waals surface area contributed by atoms with Crippen molar-refractivity contribution in [2.24, 2.45) is 11.7 Å². The fourth-order valence-corrected chi connectivity index (χ4v) is 4.15. The number of ether oxygens (including phenoxy) is 1. The Kier molecular flexibility index (Phi) is 4.92. The highest BCUT2D eigenvalue weighted by Crippen LogP contribution is 2.37. The minimum atomic E-state index is -0.968. The zero-order chi connectivity index (χ0) is 13.0. The van der Waals surface area contributed by atoms with Crippen LogP contribution in [0.3, 0.4) is 0 Å². The van der Waals surface area contributed by atoms with Gasteiger partial charge in [-0.05, 0) is 43.8 Å². The zero-order valence-corrected chi connectivity index (χ0v) is 11.6. The Morgan fingerprint density at radius 3 is 2.94 bits per heavy atom. The molecule has 104 valence electrons.